The summed E-state index contributed by atoms with van der Waals surface area (Å²) in [5, 5.41) is 3.91. The van der Waals surface area contributed by atoms with Crippen LogP contribution in [0.4, 0.5) is 5.95 Å². The van der Waals surface area contributed by atoms with E-state index in [1.807, 2.05) is 0 Å². The number of primary amides is 1. The van der Waals surface area contributed by atoms with Crippen molar-refractivity contribution in [3.8, 4) is 5.69 Å². The Hall–Kier alpha value is -1.89. The lowest BCUT2D eigenvalue weighted by Crippen LogP contribution is -2.15. The zero-order valence-electron chi connectivity index (χ0n) is 8.09. The Bertz CT molecular complexity index is 551. The maximum Gasteiger partial charge on any atom is 0.250 e. The molecule has 0 bridgehead atoms. The van der Waals surface area contributed by atoms with Gasteiger partial charge in [-0.1, -0.05) is 15.9 Å². The molecule has 1 aromatic heterocycles. The van der Waals surface area contributed by atoms with Crippen molar-refractivity contribution in [2.24, 2.45) is 5.73 Å². The zero-order valence-corrected chi connectivity index (χ0v) is 9.68. The summed E-state index contributed by atoms with van der Waals surface area (Å²) >= 11 is 3.26. The summed E-state index contributed by atoms with van der Waals surface area (Å²) in [7, 11) is 0. The number of anilines is 1. The number of nitrogens with zero attached hydrogens (tertiary/aromatic N) is 3. The Balaban J connectivity index is 2.60. The second kappa shape index (κ2) is 3.93. The second-order valence-electron chi connectivity index (χ2n) is 3.07. The number of halogens is 1. The number of benzene rings is 1. The highest BCUT2D eigenvalue weighted by atomic mass is 79.9. The van der Waals surface area contributed by atoms with E-state index < -0.39 is 5.91 Å². The molecule has 1 amide bonds. The molecule has 82 valence electrons. The number of nitrogen functional groups attached to an aromatic ring is 1. The average Bonchev–Trinajstić information content (AvgIpc) is 2.64. The fourth-order valence-electron chi connectivity index (χ4n) is 1.30. The number of amides is 1. The molecule has 0 aliphatic heterocycles. The molecule has 0 saturated carbocycles. The second-order valence-corrected chi connectivity index (χ2v) is 3.99. The first-order valence-corrected chi connectivity index (χ1v) is 5.14. The minimum atomic E-state index is -0.537. The predicted molar refractivity (Wildman–Crippen MR) is 62.0 cm³/mol. The van der Waals surface area contributed by atoms with Gasteiger partial charge in [-0.05, 0) is 18.2 Å². The van der Waals surface area contributed by atoms with Crippen molar-refractivity contribution in [2.45, 2.75) is 0 Å². The molecule has 0 fully saturated rings. The molecule has 0 atom stereocenters. The summed E-state index contributed by atoms with van der Waals surface area (Å²) in [6.45, 7) is 0. The Morgan fingerprint density at radius 3 is 2.75 bits per heavy atom. The van der Waals surface area contributed by atoms with E-state index in [1.165, 1.54) is 11.0 Å². The van der Waals surface area contributed by atoms with Crippen molar-refractivity contribution in [2.75, 3.05) is 5.73 Å². The molecular formula is C9H8BrN5O. The number of hydrogen-bond acceptors (Lipinski definition) is 4. The summed E-state index contributed by atoms with van der Waals surface area (Å²) in [5.41, 5.74) is 11.6. The first-order valence-electron chi connectivity index (χ1n) is 4.35. The molecule has 0 saturated heterocycles. The van der Waals surface area contributed by atoms with Gasteiger partial charge in [0.25, 0.3) is 5.91 Å². The molecule has 4 N–H and O–H groups in total. The van der Waals surface area contributed by atoms with Crippen LogP contribution in [-0.4, -0.2) is 20.7 Å². The summed E-state index contributed by atoms with van der Waals surface area (Å²) in [6, 6.07) is 5.10. The molecule has 0 aliphatic carbocycles. The van der Waals surface area contributed by atoms with Crippen LogP contribution in [0.25, 0.3) is 5.69 Å². The van der Waals surface area contributed by atoms with Gasteiger partial charge < -0.3 is 11.5 Å². The van der Waals surface area contributed by atoms with Crippen LogP contribution in [0, 0.1) is 0 Å². The number of carbonyl (C=O) groups excluding carboxylic acids is 1. The zero-order chi connectivity index (χ0) is 11.7. The van der Waals surface area contributed by atoms with E-state index in [0.29, 0.717) is 11.3 Å². The van der Waals surface area contributed by atoms with Gasteiger partial charge in [-0.15, -0.1) is 5.10 Å². The van der Waals surface area contributed by atoms with E-state index >= 15 is 0 Å². The summed E-state index contributed by atoms with van der Waals surface area (Å²) in [4.78, 5) is 15.0. The molecule has 1 heterocycles. The predicted octanol–water partition coefficient (Wildman–Crippen LogP) is 0.711. The van der Waals surface area contributed by atoms with Gasteiger partial charge in [-0.3, -0.25) is 4.79 Å². The molecule has 2 aromatic rings. The standard InChI is InChI=1S/C9H8BrN5O/c10-5-1-2-7(6(3-5)8(11)16)15-4-13-9(12)14-15/h1-4H,(H2,11,16)(H2,12,14). The third-order valence-electron chi connectivity index (χ3n) is 1.98. The molecule has 16 heavy (non-hydrogen) atoms. The van der Waals surface area contributed by atoms with E-state index in [9.17, 15) is 4.79 Å². The summed E-state index contributed by atoms with van der Waals surface area (Å²) in [5.74, 6) is -0.399. The van der Waals surface area contributed by atoms with Crippen molar-refractivity contribution < 1.29 is 4.79 Å². The quantitative estimate of drug-likeness (QED) is 0.847. The molecule has 6 nitrogen and oxygen atoms in total. The topological polar surface area (TPSA) is 99.8 Å². The van der Waals surface area contributed by atoms with Crippen LogP contribution < -0.4 is 11.5 Å². The number of rotatable bonds is 2. The summed E-state index contributed by atoms with van der Waals surface area (Å²) in [6.07, 6.45) is 1.42. The largest absolute Gasteiger partial charge is 0.366 e. The fraction of sp³-hybridized carbons (Fsp3) is 0. The van der Waals surface area contributed by atoms with E-state index in [-0.39, 0.29) is 5.95 Å². The molecule has 1 aromatic carbocycles. The van der Waals surface area contributed by atoms with Gasteiger partial charge in [0.1, 0.15) is 6.33 Å². The van der Waals surface area contributed by atoms with E-state index in [1.54, 1.807) is 18.2 Å². The van der Waals surface area contributed by atoms with Gasteiger partial charge >= 0.3 is 0 Å². The molecule has 0 aliphatic rings. The third-order valence-corrected chi connectivity index (χ3v) is 2.47. The van der Waals surface area contributed by atoms with E-state index in [4.69, 9.17) is 11.5 Å². The van der Waals surface area contributed by atoms with Crippen LogP contribution in [0.5, 0.6) is 0 Å². The minimum absolute atomic E-state index is 0.137. The summed E-state index contributed by atoms with van der Waals surface area (Å²) < 4.78 is 2.17. The maximum absolute atomic E-state index is 11.3. The molecular weight excluding hydrogens is 274 g/mol. The average molecular weight is 282 g/mol. The Labute approximate surface area is 99.4 Å². The number of carbonyl (C=O) groups is 1. The van der Waals surface area contributed by atoms with Gasteiger partial charge in [-0.2, -0.15) is 0 Å². The fourth-order valence-corrected chi connectivity index (χ4v) is 1.66. The first kappa shape index (κ1) is 10.6. The normalized spacial score (nSPS) is 10.3. The van der Waals surface area contributed by atoms with Crippen molar-refractivity contribution >= 4 is 27.8 Å². The van der Waals surface area contributed by atoms with Crippen LogP contribution in [0.1, 0.15) is 10.4 Å². The molecule has 0 unspecified atom stereocenters. The monoisotopic (exact) mass is 281 g/mol. The van der Waals surface area contributed by atoms with Crippen molar-refractivity contribution in [1.29, 1.82) is 0 Å². The van der Waals surface area contributed by atoms with Gasteiger partial charge in [0, 0.05) is 4.47 Å². The Kier molecular flexibility index (Phi) is 2.61. The highest BCUT2D eigenvalue weighted by Crippen LogP contribution is 2.19. The lowest BCUT2D eigenvalue weighted by atomic mass is 10.2. The molecule has 7 heteroatoms. The Morgan fingerprint density at radius 1 is 1.44 bits per heavy atom. The van der Waals surface area contributed by atoms with Crippen LogP contribution in [0.2, 0.25) is 0 Å². The lowest BCUT2D eigenvalue weighted by molar-refractivity contribution is 0.1000. The van der Waals surface area contributed by atoms with Crippen LogP contribution in [0.3, 0.4) is 0 Å². The Morgan fingerprint density at radius 2 is 2.19 bits per heavy atom. The first-order chi connectivity index (χ1) is 7.58. The van der Waals surface area contributed by atoms with Crippen LogP contribution in [-0.2, 0) is 0 Å². The maximum atomic E-state index is 11.3. The number of nitrogens with two attached hydrogens (primary N) is 2. The highest BCUT2D eigenvalue weighted by molar-refractivity contribution is 9.10. The SMILES string of the molecule is NC(=O)c1cc(Br)ccc1-n1cnc(N)n1. The number of aromatic nitrogens is 3. The molecule has 0 radical (unpaired) electrons. The lowest BCUT2D eigenvalue weighted by Gasteiger charge is -2.06. The molecule has 2 rings (SSSR count). The highest BCUT2D eigenvalue weighted by Gasteiger charge is 2.11. The van der Waals surface area contributed by atoms with Crippen molar-refractivity contribution in [3.63, 3.8) is 0 Å². The van der Waals surface area contributed by atoms with Crippen molar-refractivity contribution in [3.05, 3.63) is 34.6 Å². The van der Waals surface area contributed by atoms with E-state index in [2.05, 4.69) is 26.0 Å². The smallest absolute Gasteiger partial charge is 0.250 e. The van der Waals surface area contributed by atoms with E-state index in [0.717, 1.165) is 4.47 Å². The minimum Gasteiger partial charge on any atom is -0.366 e. The molecule has 0 spiro atoms. The third kappa shape index (κ3) is 1.89. The number of hydrogen-bond donors (Lipinski definition) is 2. The van der Waals surface area contributed by atoms with Gasteiger partial charge in [-0.25, -0.2) is 9.67 Å². The van der Waals surface area contributed by atoms with Gasteiger partial charge in [0.15, 0.2) is 0 Å². The van der Waals surface area contributed by atoms with Crippen LogP contribution >= 0.6 is 15.9 Å². The van der Waals surface area contributed by atoms with Crippen LogP contribution in [0.15, 0.2) is 29.0 Å². The van der Waals surface area contributed by atoms with Gasteiger partial charge in [0.05, 0.1) is 11.3 Å². The van der Waals surface area contributed by atoms with Crippen molar-refractivity contribution in [1.82, 2.24) is 14.8 Å². The van der Waals surface area contributed by atoms with Gasteiger partial charge in [0.2, 0.25) is 5.95 Å².